The largest absolute Gasteiger partial charge is 0.354 e. The molecule has 1 unspecified atom stereocenters. The lowest BCUT2D eigenvalue weighted by molar-refractivity contribution is -0.125. The van der Waals surface area contributed by atoms with Crippen molar-refractivity contribution in [3.8, 4) is 0 Å². The van der Waals surface area contributed by atoms with Gasteiger partial charge in [-0.2, -0.15) is 0 Å². The number of rotatable bonds is 6. The van der Waals surface area contributed by atoms with Gasteiger partial charge in [-0.3, -0.25) is 19.3 Å². The fraction of sp³-hybridized carbons (Fsp3) is 0.571. The fourth-order valence-electron chi connectivity index (χ4n) is 3.75. The zero-order valence-corrected chi connectivity index (χ0v) is 16.7. The van der Waals surface area contributed by atoms with Crippen LogP contribution in [0.15, 0.2) is 18.2 Å². The van der Waals surface area contributed by atoms with E-state index >= 15 is 0 Å². The van der Waals surface area contributed by atoms with Crippen LogP contribution in [-0.4, -0.2) is 54.8 Å². The fourth-order valence-corrected chi connectivity index (χ4v) is 3.75. The quantitative estimate of drug-likeness (QED) is 0.688. The Hall–Kier alpha value is -2.41. The summed E-state index contributed by atoms with van der Waals surface area (Å²) in [5.74, 6) is 0.292. The first-order chi connectivity index (χ1) is 13.4. The highest BCUT2D eigenvalue weighted by Crippen LogP contribution is 2.18. The second kappa shape index (κ2) is 9.19. The van der Waals surface area contributed by atoms with E-state index in [0.29, 0.717) is 31.8 Å². The third-order valence-corrected chi connectivity index (χ3v) is 5.74. The molecule has 3 N–H and O–H groups in total. The van der Waals surface area contributed by atoms with Crippen molar-refractivity contribution in [2.24, 2.45) is 5.92 Å². The highest BCUT2D eigenvalue weighted by Gasteiger charge is 2.28. The third-order valence-electron chi connectivity index (χ3n) is 5.74. The second-order valence-electron chi connectivity index (χ2n) is 7.97. The van der Waals surface area contributed by atoms with Crippen LogP contribution in [0.25, 0.3) is 0 Å². The molecule has 0 saturated carbocycles. The lowest BCUT2D eigenvalue weighted by Crippen LogP contribution is -2.45. The van der Waals surface area contributed by atoms with E-state index < -0.39 is 0 Å². The number of aryl methyl sites for hydroxylation is 2. The van der Waals surface area contributed by atoms with Crippen LogP contribution in [0.4, 0.5) is 5.69 Å². The van der Waals surface area contributed by atoms with Gasteiger partial charge in [-0.05, 0) is 75.4 Å². The minimum Gasteiger partial charge on any atom is -0.354 e. The Kier molecular flexibility index (Phi) is 6.67. The molecule has 0 spiro atoms. The van der Waals surface area contributed by atoms with Gasteiger partial charge in [0.25, 0.3) is 0 Å². The average molecular weight is 386 g/mol. The number of hydrogen-bond donors (Lipinski definition) is 3. The molecular formula is C21H30N4O3. The normalized spacial score (nSPS) is 20.6. The summed E-state index contributed by atoms with van der Waals surface area (Å²) in [6.45, 7) is 6.81. The molecule has 7 nitrogen and oxygen atoms in total. The summed E-state index contributed by atoms with van der Waals surface area (Å²) in [5, 5.41) is 8.63. The molecule has 3 amide bonds. The lowest BCUT2D eigenvalue weighted by atomic mass is 9.96. The Labute approximate surface area is 166 Å². The Morgan fingerprint density at radius 3 is 2.54 bits per heavy atom. The Balaban J connectivity index is 1.35. The number of nitrogens with zero attached hydrogens (tertiary/aromatic N) is 1. The molecule has 0 bridgehead atoms. The molecule has 0 radical (unpaired) electrons. The van der Waals surface area contributed by atoms with E-state index in [0.717, 1.165) is 37.2 Å². The molecule has 0 aromatic heterocycles. The molecular weight excluding hydrogens is 356 g/mol. The van der Waals surface area contributed by atoms with Crippen LogP contribution in [0, 0.1) is 19.8 Å². The minimum absolute atomic E-state index is 0.00646. The number of amides is 3. The number of carbonyl (C=O) groups excluding carboxylic acids is 3. The third kappa shape index (κ3) is 5.55. The molecule has 2 aliphatic rings. The topological polar surface area (TPSA) is 90.5 Å². The summed E-state index contributed by atoms with van der Waals surface area (Å²) in [5.41, 5.74) is 3.21. The second-order valence-corrected chi connectivity index (χ2v) is 7.97. The van der Waals surface area contributed by atoms with E-state index in [1.54, 1.807) is 0 Å². The maximum absolute atomic E-state index is 12.3. The van der Waals surface area contributed by atoms with Gasteiger partial charge in [-0.15, -0.1) is 0 Å². The van der Waals surface area contributed by atoms with Crippen molar-refractivity contribution in [1.29, 1.82) is 0 Å². The van der Waals surface area contributed by atoms with Crippen molar-refractivity contribution >= 4 is 23.4 Å². The van der Waals surface area contributed by atoms with Gasteiger partial charge in [-0.1, -0.05) is 6.07 Å². The Morgan fingerprint density at radius 2 is 1.89 bits per heavy atom. The van der Waals surface area contributed by atoms with Crippen molar-refractivity contribution in [3.63, 3.8) is 0 Å². The number of benzene rings is 1. The average Bonchev–Trinajstić information content (AvgIpc) is 3.10. The summed E-state index contributed by atoms with van der Waals surface area (Å²) in [4.78, 5) is 37.7. The van der Waals surface area contributed by atoms with Crippen molar-refractivity contribution < 1.29 is 14.4 Å². The number of likely N-dealkylation sites (tertiary alicyclic amines) is 1. The van der Waals surface area contributed by atoms with Gasteiger partial charge >= 0.3 is 0 Å². The molecule has 152 valence electrons. The van der Waals surface area contributed by atoms with Gasteiger partial charge in [0.15, 0.2) is 0 Å². The van der Waals surface area contributed by atoms with Crippen molar-refractivity contribution in [2.75, 3.05) is 31.5 Å². The van der Waals surface area contributed by atoms with E-state index in [4.69, 9.17) is 0 Å². The van der Waals surface area contributed by atoms with Gasteiger partial charge in [-0.25, -0.2) is 0 Å². The van der Waals surface area contributed by atoms with Gasteiger partial charge in [0.05, 0.1) is 6.54 Å². The molecule has 1 atom stereocenters. The van der Waals surface area contributed by atoms with Crippen LogP contribution in [0.2, 0.25) is 0 Å². The maximum atomic E-state index is 12.3. The molecule has 28 heavy (non-hydrogen) atoms. The first kappa shape index (κ1) is 20.3. The van der Waals surface area contributed by atoms with E-state index in [2.05, 4.69) is 27.8 Å². The van der Waals surface area contributed by atoms with Crippen molar-refractivity contribution in [3.05, 3.63) is 29.3 Å². The maximum Gasteiger partial charge on any atom is 0.242 e. The summed E-state index contributed by atoms with van der Waals surface area (Å²) < 4.78 is 0. The van der Waals surface area contributed by atoms with Gasteiger partial charge in [0.2, 0.25) is 17.7 Å². The first-order valence-electron chi connectivity index (χ1n) is 10.1. The Morgan fingerprint density at radius 1 is 1.14 bits per heavy atom. The van der Waals surface area contributed by atoms with Crippen molar-refractivity contribution in [2.45, 2.75) is 45.6 Å². The van der Waals surface area contributed by atoms with Crippen molar-refractivity contribution in [1.82, 2.24) is 15.5 Å². The standard InChI is InChI=1S/C21H30N4O3/c1-14-3-4-17(11-15(14)2)23-20(27)13-25-9-7-16(8-10-25)12-22-21(28)18-5-6-19(26)24-18/h3-4,11,16,18H,5-10,12-13H2,1-2H3,(H,22,28)(H,23,27)(H,24,26). The van der Waals surface area contributed by atoms with E-state index in [9.17, 15) is 14.4 Å². The molecule has 1 aromatic rings. The summed E-state index contributed by atoms with van der Waals surface area (Å²) >= 11 is 0. The summed E-state index contributed by atoms with van der Waals surface area (Å²) in [6.07, 6.45) is 2.92. The number of anilines is 1. The van der Waals surface area contributed by atoms with Crippen LogP contribution < -0.4 is 16.0 Å². The van der Waals surface area contributed by atoms with Crippen LogP contribution in [0.1, 0.15) is 36.8 Å². The van der Waals surface area contributed by atoms with Crippen LogP contribution in [0.5, 0.6) is 0 Å². The molecule has 1 aromatic carbocycles. The molecule has 7 heteroatoms. The van der Waals surface area contributed by atoms with E-state index in [-0.39, 0.29) is 23.8 Å². The zero-order chi connectivity index (χ0) is 20.1. The number of nitrogens with one attached hydrogen (secondary N) is 3. The molecule has 2 fully saturated rings. The minimum atomic E-state index is -0.373. The first-order valence-corrected chi connectivity index (χ1v) is 10.1. The molecule has 2 heterocycles. The molecule has 2 aliphatic heterocycles. The highest BCUT2D eigenvalue weighted by molar-refractivity contribution is 5.92. The van der Waals surface area contributed by atoms with Crippen LogP contribution in [-0.2, 0) is 14.4 Å². The van der Waals surface area contributed by atoms with Gasteiger partial charge in [0, 0.05) is 18.7 Å². The van der Waals surface area contributed by atoms with Crippen LogP contribution in [0.3, 0.4) is 0 Å². The molecule has 2 saturated heterocycles. The molecule has 3 rings (SSSR count). The SMILES string of the molecule is Cc1ccc(NC(=O)CN2CCC(CNC(=O)C3CCC(=O)N3)CC2)cc1C. The summed E-state index contributed by atoms with van der Waals surface area (Å²) in [7, 11) is 0. The van der Waals surface area contributed by atoms with Crippen LogP contribution >= 0.6 is 0 Å². The predicted octanol–water partition coefficient (Wildman–Crippen LogP) is 1.35. The smallest absolute Gasteiger partial charge is 0.242 e. The predicted molar refractivity (Wildman–Crippen MR) is 108 cm³/mol. The van der Waals surface area contributed by atoms with Gasteiger partial charge in [0.1, 0.15) is 6.04 Å². The highest BCUT2D eigenvalue weighted by atomic mass is 16.2. The monoisotopic (exact) mass is 386 g/mol. The Bertz CT molecular complexity index is 741. The number of carbonyl (C=O) groups is 3. The summed E-state index contributed by atoms with van der Waals surface area (Å²) in [6, 6.07) is 5.57. The lowest BCUT2D eigenvalue weighted by Gasteiger charge is -2.31. The van der Waals surface area contributed by atoms with E-state index in [1.807, 2.05) is 25.1 Å². The number of hydrogen-bond acceptors (Lipinski definition) is 4. The molecule has 0 aliphatic carbocycles. The number of piperidine rings is 1. The van der Waals surface area contributed by atoms with Gasteiger partial charge < -0.3 is 16.0 Å². The zero-order valence-electron chi connectivity index (χ0n) is 16.7. The van der Waals surface area contributed by atoms with E-state index in [1.165, 1.54) is 5.56 Å².